The number of esters is 2. The van der Waals surface area contributed by atoms with Crippen molar-refractivity contribution in [3.63, 3.8) is 0 Å². The number of ether oxygens (including phenoxy) is 1. The molecule has 0 bridgehead atoms. The zero-order chi connectivity index (χ0) is 8.69. The Kier molecular flexibility index (Phi) is 10.3. The first-order valence-corrected chi connectivity index (χ1v) is 3.18. The first-order chi connectivity index (χ1) is 5.16. The van der Waals surface area contributed by atoms with Gasteiger partial charge in [0.1, 0.15) is 0 Å². The van der Waals surface area contributed by atoms with E-state index in [1.807, 2.05) is 6.92 Å². The Morgan fingerprint density at radius 3 is 2.25 bits per heavy atom. The fourth-order valence-electron chi connectivity index (χ4n) is 0.421. The van der Waals surface area contributed by atoms with Crippen molar-refractivity contribution < 1.29 is 14.3 Å². The van der Waals surface area contributed by atoms with Crippen LogP contribution < -0.4 is 0 Å². The fourth-order valence-corrected chi connectivity index (χ4v) is 0.421. The van der Waals surface area contributed by atoms with Crippen LogP contribution in [0.3, 0.4) is 0 Å². The Hall–Kier alpha value is -0.380. The molecule has 0 aromatic carbocycles. The molecule has 0 aromatic heterocycles. The van der Waals surface area contributed by atoms with Gasteiger partial charge in [-0.1, -0.05) is 18.2 Å². The average Bonchev–Trinajstić information content (AvgIpc) is 1.86. The van der Waals surface area contributed by atoms with Gasteiger partial charge in [-0.2, -0.15) is 0 Å². The molecule has 0 rings (SSSR count). The molecule has 62 valence electrons. The van der Waals surface area contributed by atoms with E-state index < -0.39 is 11.9 Å². The quantitative estimate of drug-likeness (QED) is 0.204. The van der Waals surface area contributed by atoms with Crippen molar-refractivity contribution >= 4 is 41.5 Å². The molecule has 0 unspecified atom stereocenters. The third kappa shape index (κ3) is 9.62. The Balaban J connectivity index is 0. The van der Waals surface area contributed by atoms with Crippen LogP contribution in [0.15, 0.2) is 24.3 Å². The minimum atomic E-state index is -0.643. The topological polar surface area (TPSA) is 43.4 Å². The van der Waals surface area contributed by atoms with E-state index in [4.69, 9.17) is 0 Å². The summed E-state index contributed by atoms with van der Waals surface area (Å²) in [4.78, 5) is 20.8. The number of hydrogen-bond acceptors (Lipinski definition) is 3. The van der Waals surface area contributed by atoms with Gasteiger partial charge in [-0.25, -0.2) is 4.79 Å². The van der Waals surface area contributed by atoms with E-state index >= 15 is 0 Å². The molecular formula is C8H11NaO3. The summed E-state index contributed by atoms with van der Waals surface area (Å²) in [6.45, 7) is 3.00. The van der Waals surface area contributed by atoms with Gasteiger partial charge in [-0.15, -0.1) is 0 Å². The van der Waals surface area contributed by atoms with Crippen LogP contribution >= 0.6 is 0 Å². The van der Waals surface area contributed by atoms with Gasteiger partial charge in [0.25, 0.3) is 0 Å². The normalized spacial score (nSPS) is 9.83. The second kappa shape index (κ2) is 8.71. The van der Waals surface area contributed by atoms with Crippen molar-refractivity contribution in [2.75, 3.05) is 0 Å². The Morgan fingerprint density at radius 1 is 1.25 bits per heavy atom. The van der Waals surface area contributed by atoms with Gasteiger partial charge >= 0.3 is 41.5 Å². The van der Waals surface area contributed by atoms with Crippen LogP contribution in [0, 0.1) is 0 Å². The molecule has 0 aliphatic rings. The van der Waals surface area contributed by atoms with Gasteiger partial charge in [0.15, 0.2) is 0 Å². The van der Waals surface area contributed by atoms with Gasteiger partial charge < -0.3 is 4.74 Å². The molecule has 0 aliphatic carbocycles. The molecule has 3 nitrogen and oxygen atoms in total. The molecule has 4 heteroatoms. The zero-order valence-electron chi connectivity index (χ0n) is 6.53. The molecular weight excluding hydrogens is 167 g/mol. The van der Waals surface area contributed by atoms with Crippen LogP contribution in [0.1, 0.15) is 13.8 Å². The van der Waals surface area contributed by atoms with E-state index in [-0.39, 0.29) is 29.6 Å². The molecule has 0 saturated carbocycles. The molecule has 0 heterocycles. The van der Waals surface area contributed by atoms with Crippen molar-refractivity contribution in [3.05, 3.63) is 24.3 Å². The third-order valence-corrected chi connectivity index (χ3v) is 0.780. The van der Waals surface area contributed by atoms with Crippen LogP contribution in [0.2, 0.25) is 0 Å². The van der Waals surface area contributed by atoms with Crippen LogP contribution in [0.4, 0.5) is 0 Å². The van der Waals surface area contributed by atoms with Gasteiger partial charge in [0.2, 0.25) is 0 Å². The summed E-state index contributed by atoms with van der Waals surface area (Å²) in [5, 5.41) is 0. The van der Waals surface area contributed by atoms with E-state index in [2.05, 4.69) is 4.74 Å². The van der Waals surface area contributed by atoms with E-state index in [0.717, 1.165) is 0 Å². The number of allylic oxidation sites excluding steroid dienone is 3. The Labute approximate surface area is 93.8 Å². The van der Waals surface area contributed by atoms with Crippen LogP contribution in [0.25, 0.3) is 0 Å². The molecule has 12 heavy (non-hydrogen) atoms. The summed E-state index contributed by atoms with van der Waals surface area (Å²) in [6, 6.07) is 0. The summed E-state index contributed by atoms with van der Waals surface area (Å²) < 4.78 is 4.20. The SMILES string of the molecule is C/C=C/C=C/C(=O)OC(C)=O.[NaH]. The maximum atomic E-state index is 10.6. The van der Waals surface area contributed by atoms with Crippen molar-refractivity contribution in [2.24, 2.45) is 0 Å². The van der Waals surface area contributed by atoms with Gasteiger partial charge in [0.05, 0.1) is 0 Å². The number of rotatable bonds is 2. The monoisotopic (exact) mass is 178 g/mol. The van der Waals surface area contributed by atoms with E-state index in [1.54, 1.807) is 12.2 Å². The number of carbonyl (C=O) groups is 2. The predicted octanol–water partition coefficient (Wildman–Crippen LogP) is 0.560. The standard InChI is InChI=1S/C8H10O3.Na.H/c1-3-4-5-6-8(10)11-7(2)9;;/h3-6H,1-2H3;;/b4-3+,6-5+;;. The second-order valence-electron chi connectivity index (χ2n) is 1.80. The van der Waals surface area contributed by atoms with Gasteiger partial charge in [0, 0.05) is 13.0 Å². The third-order valence-electron chi connectivity index (χ3n) is 0.780. The zero-order valence-corrected chi connectivity index (χ0v) is 6.53. The molecule has 0 amide bonds. The molecule has 0 atom stereocenters. The maximum absolute atomic E-state index is 10.6. The summed E-state index contributed by atoms with van der Waals surface area (Å²) >= 11 is 0. The number of hydrogen-bond donors (Lipinski definition) is 0. The minimum absolute atomic E-state index is 0. The Morgan fingerprint density at radius 2 is 1.83 bits per heavy atom. The van der Waals surface area contributed by atoms with Crippen LogP contribution in [0.5, 0.6) is 0 Å². The summed E-state index contributed by atoms with van der Waals surface area (Å²) in [5.74, 6) is -1.24. The van der Waals surface area contributed by atoms with Crippen molar-refractivity contribution in [3.8, 4) is 0 Å². The van der Waals surface area contributed by atoms with Gasteiger partial charge in [-0.05, 0) is 6.92 Å². The van der Waals surface area contributed by atoms with Crippen molar-refractivity contribution in [1.82, 2.24) is 0 Å². The molecule has 0 spiro atoms. The van der Waals surface area contributed by atoms with E-state index in [9.17, 15) is 9.59 Å². The van der Waals surface area contributed by atoms with Gasteiger partial charge in [-0.3, -0.25) is 4.79 Å². The second-order valence-corrected chi connectivity index (χ2v) is 1.80. The molecule has 0 aliphatic heterocycles. The molecule has 0 saturated heterocycles. The van der Waals surface area contributed by atoms with E-state index in [0.29, 0.717) is 0 Å². The molecule has 0 fully saturated rings. The van der Waals surface area contributed by atoms with Crippen molar-refractivity contribution in [2.45, 2.75) is 13.8 Å². The fraction of sp³-hybridized carbons (Fsp3) is 0.250. The molecule has 0 radical (unpaired) electrons. The Bertz CT molecular complexity index is 206. The summed E-state index contributed by atoms with van der Waals surface area (Å²) in [7, 11) is 0. The van der Waals surface area contributed by atoms with E-state index in [1.165, 1.54) is 19.1 Å². The average molecular weight is 178 g/mol. The summed E-state index contributed by atoms with van der Waals surface area (Å²) in [5.41, 5.74) is 0. The first kappa shape index (κ1) is 14.2. The first-order valence-electron chi connectivity index (χ1n) is 3.18. The van der Waals surface area contributed by atoms with Crippen molar-refractivity contribution in [1.29, 1.82) is 0 Å². The molecule has 0 aromatic rings. The summed E-state index contributed by atoms with van der Waals surface area (Å²) in [6.07, 6.45) is 6.12. The number of carbonyl (C=O) groups excluding carboxylic acids is 2. The predicted molar refractivity (Wildman–Crippen MR) is 47.9 cm³/mol. The van der Waals surface area contributed by atoms with Crippen LogP contribution in [-0.2, 0) is 14.3 Å². The van der Waals surface area contributed by atoms with Crippen LogP contribution in [-0.4, -0.2) is 41.5 Å². The molecule has 0 N–H and O–H groups in total.